The molecule has 3 nitrogen and oxygen atoms in total. The Morgan fingerprint density at radius 3 is 1.55 bits per heavy atom. The minimum atomic E-state index is -0.709. The summed E-state index contributed by atoms with van der Waals surface area (Å²) in [5.74, 6) is 1.47. The fraction of sp³-hybridized carbons (Fsp3) is 0.200. The van der Waals surface area contributed by atoms with E-state index in [1.807, 2.05) is 36.4 Å². The molecule has 2 aromatic carbocycles. The van der Waals surface area contributed by atoms with Gasteiger partial charge in [0.2, 0.25) is 0 Å². The average Bonchev–Trinajstić information content (AvgIpc) is 2.46. The zero-order valence-electron chi connectivity index (χ0n) is 11.1. The largest absolute Gasteiger partial charge is 0.496 e. The van der Waals surface area contributed by atoms with E-state index in [2.05, 4.69) is 31.9 Å². The lowest BCUT2D eigenvalue weighted by molar-refractivity contribution is 0.220. The van der Waals surface area contributed by atoms with Gasteiger partial charge in [-0.25, -0.2) is 0 Å². The van der Waals surface area contributed by atoms with Crippen LogP contribution in [0.2, 0.25) is 0 Å². The lowest BCUT2D eigenvalue weighted by atomic mass is 10.0. The van der Waals surface area contributed by atoms with Crippen LogP contribution in [0.1, 0.15) is 17.2 Å². The van der Waals surface area contributed by atoms with Crippen LogP contribution in [0.4, 0.5) is 0 Å². The Morgan fingerprint density at radius 1 is 0.850 bits per heavy atom. The van der Waals surface area contributed by atoms with Gasteiger partial charge >= 0.3 is 0 Å². The predicted octanol–water partition coefficient (Wildman–Crippen LogP) is 4.31. The summed E-state index contributed by atoms with van der Waals surface area (Å²) in [6.07, 6.45) is -0.709. The van der Waals surface area contributed by atoms with Crippen LogP contribution in [0.15, 0.2) is 45.3 Å². The molecular formula is C15H14Br2O3. The van der Waals surface area contributed by atoms with Gasteiger partial charge in [-0.05, 0) is 67.3 Å². The SMILES string of the molecule is COc1ccc(C(O)c2ccc(OC)c(Br)c2)cc1Br. The Labute approximate surface area is 134 Å². The average molecular weight is 402 g/mol. The summed E-state index contributed by atoms with van der Waals surface area (Å²) >= 11 is 6.84. The molecule has 0 heterocycles. The van der Waals surface area contributed by atoms with Gasteiger partial charge in [0.25, 0.3) is 0 Å². The molecule has 20 heavy (non-hydrogen) atoms. The highest BCUT2D eigenvalue weighted by Crippen LogP contribution is 2.33. The molecule has 0 aliphatic rings. The van der Waals surface area contributed by atoms with Gasteiger partial charge in [-0.1, -0.05) is 12.1 Å². The van der Waals surface area contributed by atoms with Crippen molar-refractivity contribution in [2.75, 3.05) is 14.2 Å². The van der Waals surface area contributed by atoms with Gasteiger partial charge in [0.05, 0.1) is 23.2 Å². The maximum absolute atomic E-state index is 10.4. The van der Waals surface area contributed by atoms with E-state index in [1.165, 1.54) is 0 Å². The highest BCUT2D eigenvalue weighted by Gasteiger charge is 2.14. The summed E-state index contributed by atoms with van der Waals surface area (Å²) in [4.78, 5) is 0. The van der Waals surface area contributed by atoms with E-state index in [9.17, 15) is 5.11 Å². The summed E-state index contributed by atoms with van der Waals surface area (Å²) in [7, 11) is 3.22. The number of ether oxygens (including phenoxy) is 2. The van der Waals surface area contributed by atoms with Crippen molar-refractivity contribution in [3.8, 4) is 11.5 Å². The highest BCUT2D eigenvalue weighted by molar-refractivity contribution is 9.10. The van der Waals surface area contributed by atoms with Crippen LogP contribution < -0.4 is 9.47 Å². The van der Waals surface area contributed by atoms with E-state index in [0.29, 0.717) is 0 Å². The Hall–Kier alpha value is -1.04. The number of methoxy groups -OCH3 is 2. The van der Waals surface area contributed by atoms with Crippen molar-refractivity contribution in [1.82, 2.24) is 0 Å². The minimum absolute atomic E-state index is 0.709. The summed E-state index contributed by atoms with van der Waals surface area (Å²) < 4.78 is 12.0. The molecule has 0 aliphatic carbocycles. The van der Waals surface area contributed by atoms with E-state index in [0.717, 1.165) is 31.6 Å². The number of benzene rings is 2. The second kappa shape index (κ2) is 6.61. The number of aliphatic hydroxyl groups excluding tert-OH is 1. The Morgan fingerprint density at radius 2 is 1.25 bits per heavy atom. The second-order valence-electron chi connectivity index (χ2n) is 4.19. The van der Waals surface area contributed by atoms with Gasteiger partial charge in [-0.15, -0.1) is 0 Å². The van der Waals surface area contributed by atoms with E-state index >= 15 is 0 Å². The van der Waals surface area contributed by atoms with Gasteiger partial charge in [0.1, 0.15) is 17.6 Å². The first-order valence-corrected chi connectivity index (χ1v) is 7.50. The van der Waals surface area contributed by atoms with Gasteiger partial charge in [-0.3, -0.25) is 0 Å². The lowest BCUT2D eigenvalue weighted by Gasteiger charge is -2.14. The van der Waals surface area contributed by atoms with Crippen LogP contribution in [0.3, 0.4) is 0 Å². The first-order chi connectivity index (χ1) is 9.56. The molecule has 2 aromatic rings. The standard InChI is InChI=1S/C15H14Br2O3/c1-19-13-5-3-9(7-11(13)16)15(18)10-4-6-14(20-2)12(17)8-10/h3-8,15,18H,1-2H3. The molecule has 0 bridgehead atoms. The zero-order valence-corrected chi connectivity index (χ0v) is 14.2. The molecule has 2 rings (SSSR count). The molecule has 106 valence electrons. The van der Waals surface area contributed by atoms with E-state index in [1.54, 1.807) is 14.2 Å². The fourth-order valence-corrected chi connectivity index (χ4v) is 3.01. The molecule has 0 aliphatic heterocycles. The highest BCUT2D eigenvalue weighted by atomic mass is 79.9. The van der Waals surface area contributed by atoms with Crippen LogP contribution in [-0.2, 0) is 0 Å². The lowest BCUT2D eigenvalue weighted by Crippen LogP contribution is -2.00. The maximum Gasteiger partial charge on any atom is 0.133 e. The van der Waals surface area contributed by atoms with Crippen molar-refractivity contribution >= 4 is 31.9 Å². The van der Waals surface area contributed by atoms with Gasteiger partial charge in [-0.2, -0.15) is 0 Å². The van der Waals surface area contributed by atoms with Crippen LogP contribution in [0.25, 0.3) is 0 Å². The number of aliphatic hydroxyl groups is 1. The fourth-order valence-electron chi connectivity index (χ4n) is 1.90. The normalized spacial score (nSPS) is 10.7. The van der Waals surface area contributed by atoms with Crippen LogP contribution in [-0.4, -0.2) is 19.3 Å². The minimum Gasteiger partial charge on any atom is -0.496 e. The van der Waals surface area contributed by atoms with Crippen molar-refractivity contribution in [1.29, 1.82) is 0 Å². The Kier molecular flexibility index (Phi) is 5.07. The van der Waals surface area contributed by atoms with Crippen LogP contribution >= 0.6 is 31.9 Å². The van der Waals surface area contributed by atoms with Crippen molar-refractivity contribution in [2.24, 2.45) is 0 Å². The molecule has 0 saturated heterocycles. The molecule has 0 radical (unpaired) electrons. The second-order valence-corrected chi connectivity index (χ2v) is 5.90. The number of rotatable bonds is 4. The van der Waals surface area contributed by atoms with Crippen molar-refractivity contribution in [3.63, 3.8) is 0 Å². The van der Waals surface area contributed by atoms with Gasteiger partial charge < -0.3 is 14.6 Å². The van der Waals surface area contributed by atoms with Crippen LogP contribution in [0.5, 0.6) is 11.5 Å². The molecule has 0 amide bonds. The quantitative estimate of drug-likeness (QED) is 0.829. The number of hydrogen-bond donors (Lipinski definition) is 1. The third-order valence-electron chi connectivity index (χ3n) is 2.98. The Balaban J connectivity index is 2.33. The third kappa shape index (κ3) is 3.16. The molecule has 0 unspecified atom stereocenters. The molecule has 5 heteroatoms. The molecule has 0 fully saturated rings. The maximum atomic E-state index is 10.4. The summed E-state index contributed by atoms with van der Waals surface area (Å²) in [6, 6.07) is 11.0. The topological polar surface area (TPSA) is 38.7 Å². The molecule has 1 N–H and O–H groups in total. The van der Waals surface area contributed by atoms with Crippen molar-refractivity contribution < 1.29 is 14.6 Å². The smallest absolute Gasteiger partial charge is 0.133 e. The van der Waals surface area contributed by atoms with E-state index < -0.39 is 6.10 Å². The van der Waals surface area contributed by atoms with Crippen LogP contribution in [0, 0.1) is 0 Å². The predicted molar refractivity (Wildman–Crippen MR) is 85.4 cm³/mol. The molecular weight excluding hydrogens is 388 g/mol. The Bertz CT molecular complexity index is 561. The van der Waals surface area contributed by atoms with E-state index in [4.69, 9.17) is 9.47 Å². The van der Waals surface area contributed by atoms with Gasteiger partial charge in [0, 0.05) is 0 Å². The number of halogens is 2. The zero-order chi connectivity index (χ0) is 14.7. The first-order valence-electron chi connectivity index (χ1n) is 5.91. The monoisotopic (exact) mass is 400 g/mol. The summed E-state index contributed by atoms with van der Waals surface area (Å²) in [6.45, 7) is 0. The first kappa shape index (κ1) is 15.4. The third-order valence-corrected chi connectivity index (χ3v) is 4.22. The van der Waals surface area contributed by atoms with Gasteiger partial charge in [0.15, 0.2) is 0 Å². The van der Waals surface area contributed by atoms with Crippen molar-refractivity contribution in [2.45, 2.75) is 6.10 Å². The molecule has 0 aromatic heterocycles. The molecule has 0 atom stereocenters. The van der Waals surface area contributed by atoms with Crippen molar-refractivity contribution in [3.05, 3.63) is 56.5 Å². The van der Waals surface area contributed by atoms with E-state index in [-0.39, 0.29) is 0 Å². The number of hydrogen-bond acceptors (Lipinski definition) is 3. The summed E-state index contributed by atoms with van der Waals surface area (Å²) in [5.41, 5.74) is 1.57. The molecule has 0 spiro atoms. The summed E-state index contributed by atoms with van der Waals surface area (Å²) in [5, 5.41) is 10.4. The molecule has 0 saturated carbocycles.